The predicted molar refractivity (Wildman–Crippen MR) is 78.3 cm³/mol. The number of hydrogen-bond donors (Lipinski definition) is 1. The summed E-state index contributed by atoms with van der Waals surface area (Å²) < 4.78 is 18.4. The minimum absolute atomic E-state index is 0.0492. The van der Waals surface area contributed by atoms with Crippen LogP contribution in [0.5, 0.6) is 0 Å². The minimum atomic E-state index is -0.461. The highest BCUT2D eigenvalue weighted by Crippen LogP contribution is 2.27. The van der Waals surface area contributed by atoms with E-state index in [4.69, 9.17) is 21.9 Å². The molecular formula is C15H17ClFN3O. The molecule has 21 heavy (non-hydrogen) atoms. The summed E-state index contributed by atoms with van der Waals surface area (Å²) in [7, 11) is 0. The smallest absolute Gasteiger partial charge is 0.227 e. The Kier molecular flexibility index (Phi) is 4.22. The van der Waals surface area contributed by atoms with E-state index in [0.29, 0.717) is 29.6 Å². The number of halogens is 2. The van der Waals surface area contributed by atoms with Gasteiger partial charge in [-0.1, -0.05) is 29.6 Å². The average molecular weight is 310 g/mol. The number of aromatic nitrogens is 2. The Hall–Kier alpha value is -1.46. The second-order valence-corrected chi connectivity index (χ2v) is 5.96. The molecule has 4 nitrogen and oxygen atoms in total. The molecule has 2 aromatic rings. The van der Waals surface area contributed by atoms with Gasteiger partial charge in [0.15, 0.2) is 0 Å². The summed E-state index contributed by atoms with van der Waals surface area (Å²) in [4.78, 5) is 4.37. The molecule has 1 fully saturated rings. The second-order valence-electron chi connectivity index (χ2n) is 5.55. The van der Waals surface area contributed by atoms with Crippen LogP contribution in [0, 0.1) is 11.7 Å². The summed E-state index contributed by atoms with van der Waals surface area (Å²) in [6.07, 6.45) is 5.25. The monoisotopic (exact) mass is 309 g/mol. The fourth-order valence-corrected chi connectivity index (χ4v) is 2.98. The zero-order valence-electron chi connectivity index (χ0n) is 11.6. The maximum absolute atomic E-state index is 13.2. The molecule has 2 N–H and O–H groups in total. The Morgan fingerprint density at radius 3 is 2.90 bits per heavy atom. The summed E-state index contributed by atoms with van der Waals surface area (Å²) in [6, 6.07) is 4.58. The van der Waals surface area contributed by atoms with Gasteiger partial charge in [-0.2, -0.15) is 4.98 Å². The van der Waals surface area contributed by atoms with E-state index in [-0.39, 0.29) is 11.1 Å². The standard InChI is InChI=1S/C15H17ClFN3O/c16-11-7-10(5-6-12(11)17)15-19-14(21-20-15)8-9-3-1-2-4-13(9)18/h5-7,9,13H,1-4,8,18H2. The fraction of sp³-hybridized carbons (Fsp3) is 0.467. The van der Waals surface area contributed by atoms with Crippen molar-refractivity contribution < 1.29 is 8.91 Å². The first-order chi connectivity index (χ1) is 10.1. The van der Waals surface area contributed by atoms with Crippen LogP contribution >= 0.6 is 11.6 Å². The first-order valence-electron chi connectivity index (χ1n) is 7.17. The van der Waals surface area contributed by atoms with Gasteiger partial charge in [-0.05, 0) is 37.0 Å². The van der Waals surface area contributed by atoms with Gasteiger partial charge in [0.05, 0.1) is 5.02 Å². The Morgan fingerprint density at radius 1 is 1.33 bits per heavy atom. The number of hydrogen-bond acceptors (Lipinski definition) is 4. The lowest BCUT2D eigenvalue weighted by Gasteiger charge is -2.27. The number of rotatable bonds is 3. The lowest BCUT2D eigenvalue weighted by Crippen LogP contribution is -2.34. The van der Waals surface area contributed by atoms with Crippen molar-refractivity contribution in [2.75, 3.05) is 0 Å². The molecule has 1 saturated carbocycles. The SMILES string of the molecule is NC1CCCCC1Cc1nc(-c2ccc(F)c(Cl)c2)no1. The van der Waals surface area contributed by atoms with E-state index in [9.17, 15) is 4.39 Å². The van der Waals surface area contributed by atoms with Crippen molar-refractivity contribution >= 4 is 11.6 Å². The highest BCUT2D eigenvalue weighted by atomic mass is 35.5. The highest BCUT2D eigenvalue weighted by molar-refractivity contribution is 6.31. The molecule has 0 bridgehead atoms. The van der Waals surface area contributed by atoms with Crippen molar-refractivity contribution in [3.63, 3.8) is 0 Å². The van der Waals surface area contributed by atoms with E-state index < -0.39 is 5.82 Å². The molecule has 0 saturated heterocycles. The molecule has 1 aliphatic carbocycles. The molecule has 0 spiro atoms. The Morgan fingerprint density at radius 2 is 2.14 bits per heavy atom. The zero-order valence-corrected chi connectivity index (χ0v) is 12.3. The lowest BCUT2D eigenvalue weighted by molar-refractivity contribution is 0.273. The van der Waals surface area contributed by atoms with Gasteiger partial charge in [-0.25, -0.2) is 4.39 Å². The predicted octanol–water partition coefficient (Wildman–Crippen LogP) is 3.59. The molecule has 1 aliphatic rings. The van der Waals surface area contributed by atoms with E-state index in [1.54, 1.807) is 6.07 Å². The van der Waals surface area contributed by atoms with Crippen molar-refractivity contribution in [2.45, 2.75) is 38.1 Å². The average Bonchev–Trinajstić information content (AvgIpc) is 2.93. The van der Waals surface area contributed by atoms with E-state index in [2.05, 4.69) is 10.1 Å². The van der Waals surface area contributed by atoms with E-state index in [0.717, 1.165) is 12.8 Å². The molecule has 0 amide bonds. The van der Waals surface area contributed by atoms with Gasteiger partial charge in [0.25, 0.3) is 0 Å². The van der Waals surface area contributed by atoms with Crippen LogP contribution in [0.15, 0.2) is 22.7 Å². The van der Waals surface area contributed by atoms with E-state index in [1.165, 1.54) is 25.0 Å². The number of nitrogens with zero attached hydrogens (tertiary/aromatic N) is 2. The van der Waals surface area contributed by atoms with Crippen molar-refractivity contribution in [3.8, 4) is 11.4 Å². The van der Waals surface area contributed by atoms with Crippen LogP contribution in [0.1, 0.15) is 31.6 Å². The highest BCUT2D eigenvalue weighted by Gasteiger charge is 2.24. The van der Waals surface area contributed by atoms with Gasteiger partial charge in [0, 0.05) is 18.0 Å². The van der Waals surface area contributed by atoms with Gasteiger partial charge in [-0.15, -0.1) is 0 Å². The van der Waals surface area contributed by atoms with Crippen LogP contribution in [-0.4, -0.2) is 16.2 Å². The Labute approximate surface area is 127 Å². The molecule has 0 aliphatic heterocycles. The molecule has 0 radical (unpaired) electrons. The molecule has 2 atom stereocenters. The topological polar surface area (TPSA) is 64.9 Å². The third kappa shape index (κ3) is 3.24. The summed E-state index contributed by atoms with van der Waals surface area (Å²) in [5.41, 5.74) is 6.78. The zero-order chi connectivity index (χ0) is 14.8. The van der Waals surface area contributed by atoms with Crippen LogP contribution in [0.2, 0.25) is 5.02 Å². The molecular weight excluding hydrogens is 293 g/mol. The maximum Gasteiger partial charge on any atom is 0.227 e. The molecule has 6 heteroatoms. The van der Waals surface area contributed by atoms with Crippen molar-refractivity contribution in [1.29, 1.82) is 0 Å². The van der Waals surface area contributed by atoms with Gasteiger partial charge in [0.1, 0.15) is 5.82 Å². The summed E-state index contributed by atoms with van der Waals surface area (Å²) in [5.74, 6) is 0.935. The summed E-state index contributed by atoms with van der Waals surface area (Å²) >= 11 is 5.77. The van der Waals surface area contributed by atoms with Crippen molar-refractivity contribution in [3.05, 3.63) is 34.9 Å². The van der Waals surface area contributed by atoms with Gasteiger partial charge < -0.3 is 10.3 Å². The van der Waals surface area contributed by atoms with Gasteiger partial charge in [-0.3, -0.25) is 0 Å². The van der Waals surface area contributed by atoms with Crippen LogP contribution < -0.4 is 5.73 Å². The first-order valence-corrected chi connectivity index (χ1v) is 7.55. The molecule has 112 valence electrons. The molecule has 1 aromatic heterocycles. The van der Waals surface area contributed by atoms with E-state index >= 15 is 0 Å². The van der Waals surface area contributed by atoms with E-state index in [1.807, 2.05) is 0 Å². The first kappa shape index (κ1) is 14.5. The second kappa shape index (κ2) is 6.12. The third-order valence-electron chi connectivity index (χ3n) is 4.05. The minimum Gasteiger partial charge on any atom is -0.339 e. The Balaban J connectivity index is 1.75. The molecule has 3 rings (SSSR count). The fourth-order valence-electron chi connectivity index (χ4n) is 2.80. The van der Waals surface area contributed by atoms with Gasteiger partial charge in [0.2, 0.25) is 11.7 Å². The quantitative estimate of drug-likeness (QED) is 0.941. The number of nitrogens with two attached hydrogens (primary N) is 1. The van der Waals surface area contributed by atoms with Gasteiger partial charge >= 0.3 is 0 Å². The lowest BCUT2D eigenvalue weighted by atomic mass is 9.83. The van der Waals surface area contributed by atoms with Crippen LogP contribution in [-0.2, 0) is 6.42 Å². The normalized spacial score (nSPS) is 22.4. The van der Waals surface area contributed by atoms with Crippen LogP contribution in [0.25, 0.3) is 11.4 Å². The Bertz CT molecular complexity index is 631. The summed E-state index contributed by atoms with van der Waals surface area (Å²) in [5, 5.41) is 3.99. The maximum atomic E-state index is 13.2. The third-order valence-corrected chi connectivity index (χ3v) is 4.34. The number of benzene rings is 1. The summed E-state index contributed by atoms with van der Waals surface area (Å²) in [6.45, 7) is 0. The molecule has 2 unspecified atom stereocenters. The largest absolute Gasteiger partial charge is 0.339 e. The van der Waals surface area contributed by atoms with Crippen LogP contribution in [0.4, 0.5) is 4.39 Å². The molecule has 1 aromatic carbocycles. The molecule has 1 heterocycles. The van der Waals surface area contributed by atoms with Crippen molar-refractivity contribution in [1.82, 2.24) is 10.1 Å². The van der Waals surface area contributed by atoms with Crippen molar-refractivity contribution in [2.24, 2.45) is 11.7 Å². The van der Waals surface area contributed by atoms with Crippen LogP contribution in [0.3, 0.4) is 0 Å².